The summed E-state index contributed by atoms with van der Waals surface area (Å²) in [5.41, 5.74) is 0.869. The second kappa shape index (κ2) is 8.05. The Labute approximate surface area is 163 Å². The van der Waals surface area contributed by atoms with E-state index >= 15 is 0 Å². The van der Waals surface area contributed by atoms with Crippen molar-refractivity contribution in [1.29, 1.82) is 0 Å². The Morgan fingerprint density at radius 2 is 1.89 bits per heavy atom. The van der Waals surface area contributed by atoms with Crippen LogP contribution in [0.25, 0.3) is 10.9 Å². The van der Waals surface area contributed by atoms with Gasteiger partial charge >= 0.3 is 0 Å². The highest BCUT2D eigenvalue weighted by atomic mass is 19.1. The van der Waals surface area contributed by atoms with Crippen LogP contribution in [0.15, 0.2) is 54.7 Å². The van der Waals surface area contributed by atoms with Crippen molar-refractivity contribution < 1.29 is 13.6 Å². The minimum absolute atomic E-state index is 0.240. The van der Waals surface area contributed by atoms with Crippen molar-refractivity contribution in [2.75, 3.05) is 0 Å². The van der Waals surface area contributed by atoms with E-state index in [1.54, 1.807) is 24.3 Å². The molecule has 0 saturated carbocycles. The molecule has 146 valence electrons. The Morgan fingerprint density at radius 3 is 2.61 bits per heavy atom. The Bertz CT molecular complexity index is 1000. The smallest absolute Gasteiger partial charge is 0.253 e. The minimum Gasteiger partial charge on any atom is -0.346 e. The fraction of sp³-hybridized carbons (Fsp3) is 0.304. The van der Waals surface area contributed by atoms with Gasteiger partial charge in [-0.05, 0) is 55.5 Å². The number of aromatic nitrogens is 1. The lowest BCUT2D eigenvalue weighted by atomic mass is 9.84. The first-order valence-corrected chi connectivity index (χ1v) is 9.37. The second-order valence-corrected chi connectivity index (χ2v) is 7.96. The molecule has 0 bridgehead atoms. The van der Waals surface area contributed by atoms with Gasteiger partial charge in [-0.15, -0.1) is 0 Å². The number of nitrogens with zero attached hydrogens (tertiary/aromatic N) is 1. The van der Waals surface area contributed by atoms with Gasteiger partial charge in [-0.3, -0.25) is 9.78 Å². The number of rotatable bonds is 6. The van der Waals surface area contributed by atoms with E-state index in [1.807, 2.05) is 13.0 Å². The number of hydrogen-bond donors (Lipinski definition) is 1. The highest BCUT2D eigenvalue weighted by Crippen LogP contribution is 2.24. The van der Waals surface area contributed by atoms with Crippen molar-refractivity contribution in [2.24, 2.45) is 5.92 Å². The number of hydrogen-bond acceptors (Lipinski definition) is 2. The summed E-state index contributed by atoms with van der Waals surface area (Å²) in [4.78, 5) is 17.0. The first-order chi connectivity index (χ1) is 13.3. The minimum atomic E-state index is -0.560. The number of carbonyl (C=O) groups excluding carboxylic acids is 1. The molecule has 0 radical (unpaired) electrons. The Morgan fingerprint density at radius 1 is 1.14 bits per heavy atom. The molecule has 28 heavy (non-hydrogen) atoms. The van der Waals surface area contributed by atoms with Crippen LogP contribution in [-0.2, 0) is 6.42 Å². The van der Waals surface area contributed by atoms with Crippen LogP contribution < -0.4 is 5.32 Å². The molecule has 0 saturated heterocycles. The van der Waals surface area contributed by atoms with Gasteiger partial charge in [-0.25, -0.2) is 8.78 Å². The summed E-state index contributed by atoms with van der Waals surface area (Å²) >= 11 is 0. The normalized spacial score (nSPS) is 13.5. The Hall–Kier alpha value is -2.82. The number of fused-ring (bicyclic) bond motifs is 1. The fourth-order valence-electron chi connectivity index (χ4n) is 3.76. The molecule has 3 aromatic rings. The van der Waals surface area contributed by atoms with Crippen LogP contribution in [0.3, 0.4) is 0 Å². The first-order valence-electron chi connectivity index (χ1n) is 9.37. The van der Waals surface area contributed by atoms with Crippen molar-refractivity contribution in [1.82, 2.24) is 10.3 Å². The van der Waals surface area contributed by atoms with Gasteiger partial charge in [0.05, 0.1) is 5.56 Å². The molecule has 1 heterocycles. The van der Waals surface area contributed by atoms with Gasteiger partial charge in [0.25, 0.3) is 5.91 Å². The standard InChI is InChI=1S/C23H24F2N2O/c1-15(2)12-23(3,13-16-6-4-8-19(24)10-16)27-22(28)18-11-17-7-5-9-20(25)21(17)26-14-18/h4-11,14-15H,12-13H2,1-3H3,(H,27,28)/t23-/m0/s1. The zero-order valence-electron chi connectivity index (χ0n) is 16.3. The molecule has 0 unspecified atom stereocenters. The number of amides is 1. The molecule has 0 fully saturated rings. The molecule has 1 N–H and O–H groups in total. The summed E-state index contributed by atoms with van der Waals surface area (Å²) in [6.07, 6.45) is 2.62. The predicted octanol–water partition coefficient (Wildman–Crippen LogP) is 5.29. The van der Waals surface area contributed by atoms with Gasteiger partial charge in [0.2, 0.25) is 0 Å². The van der Waals surface area contributed by atoms with Gasteiger partial charge in [0, 0.05) is 17.1 Å². The van der Waals surface area contributed by atoms with Crippen molar-refractivity contribution >= 4 is 16.8 Å². The number of pyridine rings is 1. The molecule has 0 spiro atoms. The lowest BCUT2D eigenvalue weighted by Crippen LogP contribution is -2.48. The largest absolute Gasteiger partial charge is 0.346 e. The quantitative estimate of drug-likeness (QED) is 0.629. The monoisotopic (exact) mass is 382 g/mol. The first kappa shape index (κ1) is 19.9. The number of para-hydroxylation sites is 1. The molecular weight excluding hydrogens is 358 g/mol. The van der Waals surface area contributed by atoms with E-state index in [0.717, 1.165) is 12.0 Å². The molecule has 1 atom stereocenters. The van der Waals surface area contributed by atoms with Crippen LogP contribution in [0.4, 0.5) is 8.78 Å². The molecule has 3 nitrogen and oxygen atoms in total. The number of benzene rings is 2. The van der Waals surface area contributed by atoms with E-state index in [2.05, 4.69) is 24.1 Å². The van der Waals surface area contributed by atoms with Gasteiger partial charge in [0.1, 0.15) is 17.2 Å². The molecular formula is C23H24F2N2O. The molecule has 3 rings (SSSR count). The number of carbonyl (C=O) groups is 1. The third kappa shape index (κ3) is 4.71. The zero-order chi connectivity index (χ0) is 20.3. The maximum atomic E-state index is 13.8. The van der Waals surface area contributed by atoms with Crippen molar-refractivity contribution in [3.05, 3.63) is 77.5 Å². The average Bonchev–Trinajstić information content (AvgIpc) is 2.60. The van der Waals surface area contributed by atoms with E-state index < -0.39 is 11.4 Å². The lowest BCUT2D eigenvalue weighted by molar-refractivity contribution is 0.0894. The molecule has 2 aromatic carbocycles. The highest BCUT2D eigenvalue weighted by molar-refractivity contribution is 5.97. The average molecular weight is 382 g/mol. The Balaban J connectivity index is 1.86. The molecule has 5 heteroatoms. The maximum absolute atomic E-state index is 13.8. The highest BCUT2D eigenvalue weighted by Gasteiger charge is 2.28. The zero-order valence-corrected chi connectivity index (χ0v) is 16.3. The van der Waals surface area contributed by atoms with Gasteiger partial charge in [-0.1, -0.05) is 38.1 Å². The SMILES string of the molecule is CC(C)C[C@@](C)(Cc1cccc(F)c1)NC(=O)c1cnc2c(F)cccc2c1. The van der Waals surface area contributed by atoms with E-state index in [0.29, 0.717) is 23.3 Å². The van der Waals surface area contributed by atoms with E-state index in [9.17, 15) is 13.6 Å². The summed E-state index contributed by atoms with van der Waals surface area (Å²) in [6.45, 7) is 6.12. The number of halogens is 2. The van der Waals surface area contributed by atoms with E-state index in [1.165, 1.54) is 24.4 Å². The number of nitrogens with one attached hydrogen (secondary N) is 1. The van der Waals surface area contributed by atoms with Crippen LogP contribution in [-0.4, -0.2) is 16.4 Å². The van der Waals surface area contributed by atoms with Crippen molar-refractivity contribution in [3.8, 4) is 0 Å². The van der Waals surface area contributed by atoms with Crippen LogP contribution >= 0.6 is 0 Å². The van der Waals surface area contributed by atoms with Crippen LogP contribution in [0.2, 0.25) is 0 Å². The predicted molar refractivity (Wildman–Crippen MR) is 107 cm³/mol. The third-order valence-electron chi connectivity index (χ3n) is 4.68. The van der Waals surface area contributed by atoms with Crippen molar-refractivity contribution in [2.45, 2.75) is 39.2 Å². The maximum Gasteiger partial charge on any atom is 0.253 e. The molecule has 1 amide bonds. The second-order valence-electron chi connectivity index (χ2n) is 7.96. The summed E-state index contributed by atoms with van der Waals surface area (Å²) in [5.74, 6) is -0.655. The fourth-order valence-corrected chi connectivity index (χ4v) is 3.76. The van der Waals surface area contributed by atoms with Gasteiger partial charge in [-0.2, -0.15) is 0 Å². The summed E-state index contributed by atoms with van der Waals surface area (Å²) in [7, 11) is 0. The topological polar surface area (TPSA) is 42.0 Å². The van der Waals surface area contributed by atoms with Gasteiger partial charge < -0.3 is 5.32 Å². The molecule has 0 aliphatic rings. The lowest BCUT2D eigenvalue weighted by Gasteiger charge is -2.33. The third-order valence-corrected chi connectivity index (χ3v) is 4.68. The molecule has 0 aliphatic carbocycles. The Kier molecular flexibility index (Phi) is 5.73. The van der Waals surface area contributed by atoms with Crippen molar-refractivity contribution in [3.63, 3.8) is 0 Å². The molecule has 1 aromatic heterocycles. The summed E-state index contributed by atoms with van der Waals surface area (Å²) in [5, 5.41) is 3.67. The summed E-state index contributed by atoms with van der Waals surface area (Å²) < 4.78 is 27.4. The molecule has 0 aliphatic heterocycles. The summed E-state index contributed by atoms with van der Waals surface area (Å²) in [6, 6.07) is 12.7. The van der Waals surface area contributed by atoms with Gasteiger partial charge in [0.15, 0.2) is 0 Å². The van der Waals surface area contributed by atoms with Crippen LogP contribution in [0, 0.1) is 17.6 Å². The van der Waals surface area contributed by atoms with Crippen LogP contribution in [0.1, 0.15) is 43.1 Å². The van der Waals surface area contributed by atoms with E-state index in [4.69, 9.17) is 0 Å². The van der Waals surface area contributed by atoms with E-state index in [-0.39, 0.29) is 17.2 Å². The van der Waals surface area contributed by atoms with Crippen LogP contribution in [0.5, 0.6) is 0 Å².